The van der Waals surface area contributed by atoms with Gasteiger partial charge in [-0.25, -0.2) is 0 Å². The van der Waals surface area contributed by atoms with Gasteiger partial charge in [0.25, 0.3) is 0 Å². The number of ether oxygens (including phenoxy) is 3. The van der Waals surface area contributed by atoms with Crippen LogP contribution in [0.25, 0.3) is 0 Å². The van der Waals surface area contributed by atoms with E-state index < -0.39 is 6.10 Å². The molecule has 0 bridgehead atoms. The molecule has 0 saturated heterocycles. The molecule has 0 radical (unpaired) electrons. The summed E-state index contributed by atoms with van der Waals surface area (Å²) in [6.45, 7) is 6.71. The number of rotatable bonds is 66. The maximum Gasteiger partial charge on any atom is 0.306 e. The molecule has 0 rings (SSSR count). The Morgan fingerprint density at radius 1 is 0.256 bits per heavy atom. The van der Waals surface area contributed by atoms with E-state index in [0.717, 1.165) is 64.2 Å². The summed E-state index contributed by atoms with van der Waals surface area (Å²) in [5.41, 5.74) is 0. The van der Waals surface area contributed by atoms with Crippen LogP contribution in [0.3, 0.4) is 0 Å². The molecule has 0 aromatic heterocycles. The summed E-state index contributed by atoms with van der Waals surface area (Å²) in [6.07, 6.45) is 82.0. The molecule has 0 aliphatic carbocycles. The molecule has 0 heterocycles. The standard InChI is InChI=1S/C72H136O6/c1-4-7-10-13-16-19-22-25-27-29-31-33-35-36-37-39-40-42-44-47-50-53-56-59-62-65-71(74)77-68-69(67-76-70(73)64-61-58-55-52-49-46-24-21-18-15-12-9-6-3)78-72(75)66-63-60-57-54-51-48-45-43-41-38-34-32-30-28-26-23-20-17-14-11-8-5-2/h22,25,29,31,69H,4-21,23-24,26-28,30,32-68H2,1-3H3/b25-22-,31-29-. The molecule has 0 aromatic rings. The highest BCUT2D eigenvalue weighted by Gasteiger charge is 2.19. The van der Waals surface area contributed by atoms with Crippen LogP contribution in [-0.4, -0.2) is 37.2 Å². The summed E-state index contributed by atoms with van der Waals surface area (Å²) < 4.78 is 17.0. The van der Waals surface area contributed by atoms with Gasteiger partial charge in [-0.2, -0.15) is 0 Å². The average Bonchev–Trinajstić information content (AvgIpc) is 3.44. The number of unbranched alkanes of at least 4 members (excludes halogenated alkanes) is 51. The zero-order valence-electron chi connectivity index (χ0n) is 53.0. The topological polar surface area (TPSA) is 78.9 Å². The van der Waals surface area contributed by atoms with Gasteiger partial charge in [0.15, 0.2) is 6.10 Å². The lowest BCUT2D eigenvalue weighted by atomic mass is 10.0. The number of hydrogen-bond acceptors (Lipinski definition) is 6. The molecule has 0 saturated carbocycles. The predicted octanol–water partition coefficient (Wildman–Crippen LogP) is 24.2. The minimum atomic E-state index is -0.767. The lowest BCUT2D eigenvalue weighted by Crippen LogP contribution is -2.30. The first-order chi connectivity index (χ1) is 38.5. The van der Waals surface area contributed by atoms with Gasteiger partial charge in [-0.05, 0) is 51.4 Å². The van der Waals surface area contributed by atoms with Crippen LogP contribution >= 0.6 is 0 Å². The number of hydrogen-bond donors (Lipinski definition) is 0. The van der Waals surface area contributed by atoms with Gasteiger partial charge in [-0.3, -0.25) is 14.4 Å². The summed E-state index contributed by atoms with van der Waals surface area (Å²) in [4.78, 5) is 38.4. The van der Waals surface area contributed by atoms with E-state index in [0.29, 0.717) is 19.3 Å². The normalized spacial score (nSPS) is 12.1. The zero-order chi connectivity index (χ0) is 56.4. The molecule has 78 heavy (non-hydrogen) atoms. The molecular weight excluding hydrogens is 961 g/mol. The maximum atomic E-state index is 12.9. The Balaban J connectivity index is 4.22. The van der Waals surface area contributed by atoms with Crippen LogP contribution in [-0.2, 0) is 28.6 Å². The molecule has 6 nitrogen and oxygen atoms in total. The minimum absolute atomic E-state index is 0.0642. The third-order valence-electron chi connectivity index (χ3n) is 16.2. The summed E-state index contributed by atoms with van der Waals surface area (Å²) in [6, 6.07) is 0. The van der Waals surface area contributed by atoms with Crippen molar-refractivity contribution in [1.82, 2.24) is 0 Å². The molecule has 0 aliphatic heterocycles. The Bertz CT molecular complexity index is 1260. The van der Waals surface area contributed by atoms with E-state index in [4.69, 9.17) is 14.2 Å². The van der Waals surface area contributed by atoms with E-state index in [1.54, 1.807) is 0 Å². The number of carbonyl (C=O) groups excluding carboxylic acids is 3. The monoisotopic (exact) mass is 1100 g/mol. The molecule has 0 spiro atoms. The predicted molar refractivity (Wildman–Crippen MR) is 340 cm³/mol. The number of allylic oxidation sites excluding steroid dienone is 4. The van der Waals surface area contributed by atoms with Gasteiger partial charge in [0.2, 0.25) is 0 Å². The van der Waals surface area contributed by atoms with Crippen LogP contribution in [0, 0.1) is 0 Å². The van der Waals surface area contributed by atoms with Crippen molar-refractivity contribution in [3.8, 4) is 0 Å². The molecule has 0 amide bonds. The largest absolute Gasteiger partial charge is 0.462 e. The molecule has 6 heteroatoms. The van der Waals surface area contributed by atoms with Crippen LogP contribution < -0.4 is 0 Å². The number of carbonyl (C=O) groups is 3. The Morgan fingerprint density at radius 3 is 0.705 bits per heavy atom. The second-order valence-corrected chi connectivity index (χ2v) is 24.2. The van der Waals surface area contributed by atoms with Crippen LogP contribution in [0.4, 0.5) is 0 Å². The fourth-order valence-electron chi connectivity index (χ4n) is 10.9. The Labute approximate surface area is 487 Å². The molecule has 0 N–H and O–H groups in total. The highest BCUT2D eigenvalue weighted by molar-refractivity contribution is 5.71. The van der Waals surface area contributed by atoms with Crippen molar-refractivity contribution in [2.24, 2.45) is 0 Å². The van der Waals surface area contributed by atoms with E-state index >= 15 is 0 Å². The van der Waals surface area contributed by atoms with Gasteiger partial charge in [0.1, 0.15) is 13.2 Å². The number of esters is 3. The smallest absolute Gasteiger partial charge is 0.306 e. The van der Waals surface area contributed by atoms with Gasteiger partial charge in [0.05, 0.1) is 0 Å². The summed E-state index contributed by atoms with van der Waals surface area (Å²) in [7, 11) is 0. The first-order valence-corrected chi connectivity index (χ1v) is 35.3. The van der Waals surface area contributed by atoms with Crippen LogP contribution in [0.1, 0.15) is 400 Å². The minimum Gasteiger partial charge on any atom is -0.462 e. The van der Waals surface area contributed by atoms with Crippen molar-refractivity contribution in [3.63, 3.8) is 0 Å². The third kappa shape index (κ3) is 64.7. The second-order valence-electron chi connectivity index (χ2n) is 24.2. The first-order valence-electron chi connectivity index (χ1n) is 35.3. The SMILES string of the molecule is CCCCCCC/C=C\C/C=C\CCCCCCCCCCCCCCCC(=O)OCC(COC(=O)CCCCCCCCCCCCCCC)OC(=O)CCCCCCCCCCCCCCCCCCCCCCCC. The first kappa shape index (κ1) is 75.9. The molecule has 0 fully saturated rings. The van der Waals surface area contributed by atoms with E-state index in [-0.39, 0.29) is 31.1 Å². The highest BCUT2D eigenvalue weighted by atomic mass is 16.6. The van der Waals surface area contributed by atoms with Crippen molar-refractivity contribution in [1.29, 1.82) is 0 Å². The van der Waals surface area contributed by atoms with Crippen LogP contribution in [0.2, 0.25) is 0 Å². The fraction of sp³-hybridized carbons (Fsp3) is 0.903. The molecule has 460 valence electrons. The van der Waals surface area contributed by atoms with E-state index in [2.05, 4.69) is 45.1 Å². The van der Waals surface area contributed by atoms with E-state index in [1.165, 1.54) is 295 Å². The van der Waals surface area contributed by atoms with Crippen LogP contribution in [0.15, 0.2) is 24.3 Å². The van der Waals surface area contributed by atoms with Crippen molar-refractivity contribution in [3.05, 3.63) is 24.3 Å². The van der Waals surface area contributed by atoms with Gasteiger partial charge in [-0.15, -0.1) is 0 Å². The van der Waals surface area contributed by atoms with E-state index in [1.807, 2.05) is 0 Å². The van der Waals surface area contributed by atoms with Crippen molar-refractivity contribution < 1.29 is 28.6 Å². The zero-order valence-corrected chi connectivity index (χ0v) is 53.0. The molecule has 0 aliphatic rings. The quantitative estimate of drug-likeness (QED) is 0.0261. The molecule has 1 atom stereocenters. The van der Waals surface area contributed by atoms with Gasteiger partial charge >= 0.3 is 17.9 Å². The lowest BCUT2D eigenvalue weighted by Gasteiger charge is -2.18. The Hall–Kier alpha value is -2.11. The van der Waals surface area contributed by atoms with Crippen molar-refractivity contribution >= 4 is 17.9 Å². The summed E-state index contributed by atoms with van der Waals surface area (Å²) >= 11 is 0. The molecular formula is C72H136O6. The van der Waals surface area contributed by atoms with Gasteiger partial charge in [0, 0.05) is 19.3 Å². The molecule has 0 aromatic carbocycles. The summed E-state index contributed by atoms with van der Waals surface area (Å²) in [5, 5.41) is 0. The van der Waals surface area contributed by atoms with Crippen molar-refractivity contribution in [2.75, 3.05) is 13.2 Å². The fourth-order valence-corrected chi connectivity index (χ4v) is 10.9. The molecule has 1 unspecified atom stereocenters. The lowest BCUT2D eigenvalue weighted by molar-refractivity contribution is -0.167. The van der Waals surface area contributed by atoms with E-state index in [9.17, 15) is 14.4 Å². The van der Waals surface area contributed by atoms with Gasteiger partial charge < -0.3 is 14.2 Å². The Morgan fingerprint density at radius 2 is 0.462 bits per heavy atom. The highest BCUT2D eigenvalue weighted by Crippen LogP contribution is 2.19. The Kier molecular flexibility index (Phi) is 65.6. The maximum absolute atomic E-state index is 12.9. The van der Waals surface area contributed by atoms with Gasteiger partial charge in [-0.1, -0.05) is 353 Å². The third-order valence-corrected chi connectivity index (χ3v) is 16.2. The van der Waals surface area contributed by atoms with Crippen molar-refractivity contribution in [2.45, 2.75) is 406 Å². The second kappa shape index (κ2) is 67.4. The summed E-state index contributed by atoms with van der Waals surface area (Å²) in [5.74, 6) is -0.831. The average molecular weight is 1100 g/mol. The van der Waals surface area contributed by atoms with Crippen LogP contribution in [0.5, 0.6) is 0 Å².